The van der Waals surface area contributed by atoms with Crippen LogP contribution in [0.25, 0.3) is 0 Å². The number of fused-ring (bicyclic) bond motifs is 1. The highest BCUT2D eigenvalue weighted by Gasteiger charge is 2.28. The molecule has 0 atom stereocenters. The molecular weight excluding hydrogens is 234 g/mol. The third-order valence-electron chi connectivity index (χ3n) is 2.90. The first-order valence-corrected chi connectivity index (χ1v) is 5.67. The molecule has 0 unspecified atom stereocenters. The summed E-state index contributed by atoms with van der Waals surface area (Å²) in [6, 6.07) is 5.32. The van der Waals surface area contributed by atoms with E-state index < -0.39 is 11.4 Å². The highest BCUT2D eigenvalue weighted by Crippen LogP contribution is 2.31. The van der Waals surface area contributed by atoms with Crippen LogP contribution in [0.2, 0.25) is 0 Å². The lowest BCUT2D eigenvalue weighted by molar-refractivity contribution is -0.146. The van der Waals surface area contributed by atoms with Crippen molar-refractivity contribution in [3.05, 3.63) is 23.8 Å². The van der Waals surface area contributed by atoms with Gasteiger partial charge in [0.2, 0.25) is 0 Å². The smallest absolute Gasteiger partial charge is 0.309 e. The lowest BCUT2D eigenvalue weighted by atomic mass is 9.86. The fourth-order valence-electron chi connectivity index (χ4n) is 1.81. The number of benzene rings is 1. The molecule has 0 fully saturated rings. The third kappa shape index (κ3) is 2.45. The summed E-state index contributed by atoms with van der Waals surface area (Å²) in [6.45, 7) is 3.35. The standard InChI is InChI=1S/C13H15NO4/c1-13(2,12(16)17)6-8-3-4-9-10(5-8)18-7-11(15)14-9/h3-5H,6-7H2,1-2H3,(H,14,15)(H,16,17). The summed E-state index contributed by atoms with van der Waals surface area (Å²) in [5.41, 5.74) is 0.673. The highest BCUT2D eigenvalue weighted by atomic mass is 16.5. The first-order valence-electron chi connectivity index (χ1n) is 5.67. The molecule has 18 heavy (non-hydrogen) atoms. The molecule has 0 saturated carbocycles. The van der Waals surface area contributed by atoms with Gasteiger partial charge >= 0.3 is 5.97 Å². The Bertz CT molecular complexity index is 508. The number of nitrogens with one attached hydrogen (secondary N) is 1. The van der Waals surface area contributed by atoms with Gasteiger partial charge in [0.15, 0.2) is 6.61 Å². The Labute approximate surface area is 105 Å². The minimum atomic E-state index is -0.838. The van der Waals surface area contributed by atoms with E-state index >= 15 is 0 Å². The number of hydrogen-bond donors (Lipinski definition) is 2. The van der Waals surface area contributed by atoms with Crippen molar-refractivity contribution in [2.45, 2.75) is 20.3 Å². The van der Waals surface area contributed by atoms with Crippen LogP contribution in [0, 0.1) is 5.41 Å². The number of aliphatic carboxylic acids is 1. The summed E-state index contributed by atoms with van der Waals surface area (Å²) in [6.07, 6.45) is 0.410. The second-order valence-corrected chi connectivity index (χ2v) is 5.03. The van der Waals surface area contributed by atoms with Crippen LogP contribution in [0.15, 0.2) is 18.2 Å². The zero-order chi connectivity index (χ0) is 13.3. The van der Waals surface area contributed by atoms with Gasteiger partial charge in [-0.15, -0.1) is 0 Å². The van der Waals surface area contributed by atoms with Crippen molar-refractivity contribution in [1.82, 2.24) is 0 Å². The normalized spacial score (nSPS) is 14.4. The Kier molecular flexibility index (Phi) is 2.98. The van der Waals surface area contributed by atoms with Gasteiger partial charge in [0.1, 0.15) is 5.75 Å². The molecule has 1 aromatic carbocycles. The monoisotopic (exact) mass is 249 g/mol. The fraction of sp³-hybridized carbons (Fsp3) is 0.385. The molecule has 0 spiro atoms. The zero-order valence-corrected chi connectivity index (χ0v) is 10.3. The highest BCUT2D eigenvalue weighted by molar-refractivity contribution is 5.95. The van der Waals surface area contributed by atoms with E-state index in [2.05, 4.69) is 5.32 Å². The summed E-state index contributed by atoms with van der Waals surface area (Å²) >= 11 is 0. The molecule has 2 rings (SSSR count). The van der Waals surface area contributed by atoms with E-state index in [1.807, 2.05) is 0 Å². The van der Waals surface area contributed by atoms with Crippen molar-refractivity contribution in [2.75, 3.05) is 11.9 Å². The maximum absolute atomic E-state index is 11.1. The van der Waals surface area contributed by atoms with E-state index in [9.17, 15) is 9.59 Å². The van der Waals surface area contributed by atoms with Crippen LogP contribution in [0.5, 0.6) is 5.75 Å². The van der Waals surface area contributed by atoms with Crippen LogP contribution in [-0.2, 0) is 16.0 Å². The number of hydrogen-bond acceptors (Lipinski definition) is 3. The van der Waals surface area contributed by atoms with E-state index in [1.165, 1.54) is 0 Å². The molecule has 1 heterocycles. The lowest BCUT2D eigenvalue weighted by Gasteiger charge is -2.22. The Morgan fingerprint density at radius 2 is 2.22 bits per heavy atom. The Morgan fingerprint density at radius 3 is 2.89 bits per heavy atom. The molecule has 1 aliphatic heterocycles. The van der Waals surface area contributed by atoms with Crippen LogP contribution in [0.1, 0.15) is 19.4 Å². The Balaban J connectivity index is 2.22. The number of amides is 1. The molecule has 0 bridgehead atoms. The number of anilines is 1. The molecule has 96 valence electrons. The molecular formula is C13H15NO4. The van der Waals surface area contributed by atoms with Crippen molar-refractivity contribution >= 4 is 17.6 Å². The van der Waals surface area contributed by atoms with Crippen molar-refractivity contribution < 1.29 is 19.4 Å². The Hall–Kier alpha value is -2.04. The van der Waals surface area contributed by atoms with E-state index in [0.717, 1.165) is 5.56 Å². The minimum absolute atomic E-state index is 0.00121. The molecule has 0 aromatic heterocycles. The third-order valence-corrected chi connectivity index (χ3v) is 2.90. The molecule has 1 amide bonds. The number of rotatable bonds is 3. The van der Waals surface area contributed by atoms with Gasteiger partial charge in [-0.3, -0.25) is 9.59 Å². The first-order chi connectivity index (χ1) is 8.38. The van der Waals surface area contributed by atoms with Gasteiger partial charge in [0.25, 0.3) is 5.91 Å². The summed E-state index contributed by atoms with van der Waals surface area (Å²) in [5.74, 6) is -0.427. The van der Waals surface area contributed by atoms with Crippen molar-refractivity contribution in [3.63, 3.8) is 0 Å². The van der Waals surface area contributed by atoms with Crippen LogP contribution in [0.3, 0.4) is 0 Å². The zero-order valence-electron chi connectivity index (χ0n) is 10.3. The van der Waals surface area contributed by atoms with Crippen molar-refractivity contribution in [2.24, 2.45) is 5.41 Å². The summed E-state index contributed by atoms with van der Waals surface area (Å²) in [5, 5.41) is 11.8. The largest absolute Gasteiger partial charge is 0.482 e. The maximum Gasteiger partial charge on any atom is 0.309 e. The average molecular weight is 249 g/mol. The molecule has 0 aliphatic carbocycles. The van der Waals surface area contributed by atoms with Gasteiger partial charge in [-0.05, 0) is 38.0 Å². The van der Waals surface area contributed by atoms with E-state index in [0.29, 0.717) is 17.9 Å². The lowest BCUT2D eigenvalue weighted by Crippen LogP contribution is -2.27. The van der Waals surface area contributed by atoms with Gasteiger partial charge in [-0.1, -0.05) is 6.07 Å². The van der Waals surface area contributed by atoms with Crippen LogP contribution >= 0.6 is 0 Å². The minimum Gasteiger partial charge on any atom is -0.482 e. The predicted molar refractivity (Wildman–Crippen MR) is 65.7 cm³/mol. The molecule has 0 saturated heterocycles. The van der Waals surface area contributed by atoms with Gasteiger partial charge in [0, 0.05) is 0 Å². The molecule has 5 nitrogen and oxygen atoms in total. The van der Waals surface area contributed by atoms with Crippen LogP contribution in [-0.4, -0.2) is 23.6 Å². The van der Waals surface area contributed by atoms with Crippen molar-refractivity contribution in [3.8, 4) is 5.75 Å². The number of carbonyl (C=O) groups is 2. The van der Waals surface area contributed by atoms with Crippen LogP contribution in [0.4, 0.5) is 5.69 Å². The quantitative estimate of drug-likeness (QED) is 0.854. The molecule has 2 N–H and O–H groups in total. The average Bonchev–Trinajstić information content (AvgIpc) is 2.28. The molecule has 1 aromatic rings. The number of carbonyl (C=O) groups excluding carboxylic acids is 1. The maximum atomic E-state index is 11.1. The van der Waals surface area contributed by atoms with Gasteiger partial charge < -0.3 is 15.2 Å². The number of carboxylic acids is 1. The summed E-state index contributed by atoms with van der Waals surface area (Å²) < 4.78 is 5.29. The van der Waals surface area contributed by atoms with Gasteiger partial charge in [-0.25, -0.2) is 0 Å². The molecule has 0 radical (unpaired) electrons. The SMILES string of the molecule is CC(C)(Cc1ccc2c(c1)OCC(=O)N2)C(=O)O. The summed E-state index contributed by atoms with van der Waals surface area (Å²) in [4.78, 5) is 22.2. The molecule has 5 heteroatoms. The van der Waals surface area contributed by atoms with E-state index in [-0.39, 0.29) is 12.5 Å². The number of ether oxygens (including phenoxy) is 1. The number of carboxylic acid groups (broad SMARTS) is 1. The predicted octanol–water partition coefficient (Wildman–Crippen LogP) is 1.67. The first kappa shape index (κ1) is 12.4. The van der Waals surface area contributed by atoms with Crippen LogP contribution < -0.4 is 10.1 Å². The van der Waals surface area contributed by atoms with Crippen molar-refractivity contribution in [1.29, 1.82) is 0 Å². The topological polar surface area (TPSA) is 75.6 Å². The summed E-state index contributed by atoms with van der Waals surface area (Å²) in [7, 11) is 0. The second-order valence-electron chi connectivity index (χ2n) is 5.03. The fourth-order valence-corrected chi connectivity index (χ4v) is 1.81. The van der Waals surface area contributed by atoms with Gasteiger partial charge in [-0.2, -0.15) is 0 Å². The Morgan fingerprint density at radius 1 is 1.50 bits per heavy atom. The van der Waals surface area contributed by atoms with E-state index in [4.69, 9.17) is 9.84 Å². The van der Waals surface area contributed by atoms with E-state index in [1.54, 1.807) is 32.0 Å². The second kappa shape index (κ2) is 4.33. The molecule has 1 aliphatic rings. The van der Waals surface area contributed by atoms with Gasteiger partial charge in [0.05, 0.1) is 11.1 Å².